The Morgan fingerprint density at radius 3 is 3.00 bits per heavy atom. The zero-order valence-electron chi connectivity index (χ0n) is 14.1. The number of amides is 2. The van der Waals surface area contributed by atoms with E-state index in [1.54, 1.807) is 6.20 Å². The van der Waals surface area contributed by atoms with Crippen molar-refractivity contribution >= 4 is 6.03 Å². The average molecular weight is 328 g/mol. The van der Waals surface area contributed by atoms with Gasteiger partial charge in [0.15, 0.2) is 0 Å². The fraction of sp³-hybridized carbons (Fsp3) is 0.444. The maximum absolute atomic E-state index is 12.2. The van der Waals surface area contributed by atoms with Gasteiger partial charge in [-0.25, -0.2) is 9.78 Å². The Balaban J connectivity index is 1.58. The zero-order chi connectivity index (χ0) is 17.1. The third-order valence-electron chi connectivity index (χ3n) is 4.26. The number of imidazole rings is 1. The van der Waals surface area contributed by atoms with Gasteiger partial charge in [-0.3, -0.25) is 0 Å². The van der Waals surface area contributed by atoms with Crippen LogP contribution in [0, 0.1) is 5.92 Å². The molecule has 24 heavy (non-hydrogen) atoms. The number of carbonyl (C=O) groups excluding carboxylic acids is 1. The highest BCUT2D eigenvalue weighted by atomic mass is 16.3. The number of fused-ring (bicyclic) bond motifs is 1. The van der Waals surface area contributed by atoms with E-state index in [1.165, 1.54) is 0 Å². The molecule has 2 atom stereocenters. The zero-order valence-corrected chi connectivity index (χ0v) is 14.1. The van der Waals surface area contributed by atoms with Crippen LogP contribution in [-0.4, -0.2) is 26.8 Å². The Hall–Kier alpha value is -2.34. The summed E-state index contributed by atoms with van der Waals surface area (Å²) in [5.41, 5.74) is 2.07. The second-order valence-electron chi connectivity index (χ2n) is 6.66. The number of carbonyl (C=O) groups is 1. The third kappa shape index (κ3) is 3.59. The Kier molecular flexibility index (Phi) is 4.85. The Morgan fingerprint density at radius 2 is 2.21 bits per heavy atom. The van der Waals surface area contributed by atoms with Crippen molar-refractivity contribution in [1.82, 2.24) is 20.2 Å². The van der Waals surface area contributed by atoms with Gasteiger partial charge in [0.1, 0.15) is 5.82 Å². The standard InChI is InChI=1S/C18H24N4O2/c1-12(2)11-22-8-7-19-16(22)10-20-18(24)21-17-14-6-4-3-5-13(14)9-15(17)23/h3-8,12,15,17,23H,9-11H2,1-2H3,(H2,20,21,24)/t15-,17+/m1/s1. The molecule has 0 fully saturated rings. The van der Waals surface area contributed by atoms with Crippen LogP contribution in [0.4, 0.5) is 4.79 Å². The third-order valence-corrected chi connectivity index (χ3v) is 4.26. The molecule has 128 valence electrons. The van der Waals surface area contributed by atoms with Gasteiger partial charge in [-0.1, -0.05) is 38.1 Å². The van der Waals surface area contributed by atoms with E-state index in [-0.39, 0.29) is 12.1 Å². The molecule has 0 saturated heterocycles. The fourth-order valence-electron chi connectivity index (χ4n) is 3.17. The number of aromatic nitrogens is 2. The van der Waals surface area contributed by atoms with Crippen molar-refractivity contribution < 1.29 is 9.90 Å². The minimum absolute atomic E-state index is 0.296. The quantitative estimate of drug-likeness (QED) is 0.785. The highest BCUT2D eigenvalue weighted by Crippen LogP contribution is 2.30. The maximum atomic E-state index is 12.2. The highest BCUT2D eigenvalue weighted by molar-refractivity contribution is 5.74. The summed E-state index contributed by atoms with van der Waals surface area (Å²) >= 11 is 0. The lowest BCUT2D eigenvalue weighted by Gasteiger charge is -2.18. The van der Waals surface area contributed by atoms with Crippen molar-refractivity contribution in [2.45, 2.75) is 45.5 Å². The molecule has 1 aromatic carbocycles. The van der Waals surface area contributed by atoms with E-state index in [4.69, 9.17) is 0 Å². The number of aliphatic hydroxyl groups is 1. The SMILES string of the molecule is CC(C)Cn1ccnc1CNC(=O)N[C@H]1c2ccccc2C[C@H]1O. The Bertz CT molecular complexity index is 711. The predicted octanol–water partition coefficient (Wildman–Crippen LogP) is 2.00. The number of aliphatic hydroxyl groups excluding tert-OH is 1. The van der Waals surface area contributed by atoms with Crippen LogP contribution >= 0.6 is 0 Å². The van der Waals surface area contributed by atoms with Crippen LogP contribution in [0.1, 0.15) is 36.8 Å². The summed E-state index contributed by atoms with van der Waals surface area (Å²) in [6.45, 7) is 5.51. The lowest BCUT2D eigenvalue weighted by Crippen LogP contribution is -2.41. The molecule has 2 aromatic rings. The second kappa shape index (κ2) is 7.05. The first-order chi connectivity index (χ1) is 11.5. The van der Waals surface area contributed by atoms with Crippen LogP contribution in [0.5, 0.6) is 0 Å². The van der Waals surface area contributed by atoms with Gasteiger partial charge >= 0.3 is 6.03 Å². The first-order valence-electron chi connectivity index (χ1n) is 8.35. The summed E-state index contributed by atoms with van der Waals surface area (Å²) in [4.78, 5) is 16.5. The second-order valence-corrected chi connectivity index (χ2v) is 6.66. The van der Waals surface area contributed by atoms with E-state index in [9.17, 15) is 9.90 Å². The van der Waals surface area contributed by atoms with Crippen LogP contribution in [-0.2, 0) is 19.5 Å². The van der Waals surface area contributed by atoms with Crippen LogP contribution in [0.3, 0.4) is 0 Å². The lowest BCUT2D eigenvalue weighted by molar-refractivity contribution is 0.142. The normalized spacial score (nSPS) is 19.3. The van der Waals surface area contributed by atoms with Crippen LogP contribution in [0.2, 0.25) is 0 Å². The number of nitrogens with zero attached hydrogens (tertiary/aromatic N) is 2. The van der Waals surface area contributed by atoms with Crippen LogP contribution in [0.15, 0.2) is 36.7 Å². The van der Waals surface area contributed by atoms with Crippen molar-refractivity contribution in [2.24, 2.45) is 5.92 Å². The van der Waals surface area contributed by atoms with E-state index in [0.29, 0.717) is 18.9 Å². The van der Waals surface area contributed by atoms with Crippen molar-refractivity contribution in [3.8, 4) is 0 Å². The van der Waals surface area contributed by atoms with E-state index >= 15 is 0 Å². The minimum Gasteiger partial charge on any atom is -0.390 e. The fourth-order valence-corrected chi connectivity index (χ4v) is 3.17. The van der Waals surface area contributed by atoms with Gasteiger partial charge in [0.25, 0.3) is 0 Å². The molecule has 0 spiro atoms. The molecule has 3 N–H and O–H groups in total. The minimum atomic E-state index is -0.587. The number of rotatable bonds is 5. The molecule has 0 radical (unpaired) electrons. The Labute approximate surface area is 141 Å². The lowest BCUT2D eigenvalue weighted by atomic mass is 10.1. The molecular formula is C18H24N4O2. The van der Waals surface area contributed by atoms with Crippen molar-refractivity contribution in [1.29, 1.82) is 0 Å². The van der Waals surface area contributed by atoms with Gasteiger partial charge in [-0.05, 0) is 17.0 Å². The molecule has 0 aliphatic heterocycles. The number of hydrogen-bond donors (Lipinski definition) is 3. The summed E-state index contributed by atoms with van der Waals surface area (Å²) in [6.07, 6.45) is 3.65. The molecule has 6 nitrogen and oxygen atoms in total. The number of hydrogen-bond acceptors (Lipinski definition) is 3. The molecular weight excluding hydrogens is 304 g/mol. The first kappa shape index (κ1) is 16.5. The molecule has 1 aliphatic rings. The number of urea groups is 1. The molecule has 3 rings (SSSR count). The molecule has 0 bridgehead atoms. The van der Waals surface area contributed by atoms with Gasteiger partial charge in [0.05, 0.1) is 18.7 Å². The van der Waals surface area contributed by atoms with Crippen LogP contribution in [0.25, 0.3) is 0 Å². The molecule has 1 aliphatic carbocycles. The maximum Gasteiger partial charge on any atom is 0.315 e. The summed E-state index contributed by atoms with van der Waals surface area (Å²) in [7, 11) is 0. The van der Waals surface area contributed by atoms with Gasteiger partial charge in [0.2, 0.25) is 0 Å². The van der Waals surface area contributed by atoms with Crippen molar-refractivity contribution in [2.75, 3.05) is 0 Å². The molecule has 0 unspecified atom stereocenters. The van der Waals surface area contributed by atoms with E-state index in [1.807, 2.05) is 35.0 Å². The summed E-state index contributed by atoms with van der Waals surface area (Å²) in [6, 6.07) is 7.15. The van der Waals surface area contributed by atoms with Gasteiger partial charge < -0.3 is 20.3 Å². The van der Waals surface area contributed by atoms with Crippen molar-refractivity contribution in [3.05, 3.63) is 53.6 Å². The smallest absolute Gasteiger partial charge is 0.315 e. The van der Waals surface area contributed by atoms with Gasteiger partial charge in [-0.15, -0.1) is 0 Å². The van der Waals surface area contributed by atoms with E-state index in [2.05, 4.69) is 29.5 Å². The molecule has 6 heteroatoms. The molecule has 1 heterocycles. The van der Waals surface area contributed by atoms with Gasteiger partial charge in [0, 0.05) is 25.4 Å². The first-order valence-corrected chi connectivity index (χ1v) is 8.35. The average Bonchev–Trinajstić information content (AvgIpc) is 3.09. The summed E-state index contributed by atoms with van der Waals surface area (Å²) < 4.78 is 2.05. The Morgan fingerprint density at radius 1 is 1.42 bits per heavy atom. The van der Waals surface area contributed by atoms with E-state index < -0.39 is 6.10 Å². The monoisotopic (exact) mass is 328 g/mol. The largest absolute Gasteiger partial charge is 0.390 e. The predicted molar refractivity (Wildman–Crippen MR) is 91.3 cm³/mol. The van der Waals surface area contributed by atoms with Crippen molar-refractivity contribution in [3.63, 3.8) is 0 Å². The topological polar surface area (TPSA) is 79.2 Å². The van der Waals surface area contributed by atoms with E-state index in [0.717, 1.165) is 23.5 Å². The van der Waals surface area contributed by atoms with Gasteiger partial charge in [-0.2, -0.15) is 0 Å². The number of nitrogens with one attached hydrogen (secondary N) is 2. The highest BCUT2D eigenvalue weighted by Gasteiger charge is 2.31. The number of benzene rings is 1. The summed E-state index contributed by atoms with van der Waals surface area (Å²) in [5.74, 6) is 1.34. The van der Waals surface area contributed by atoms with Crippen LogP contribution < -0.4 is 10.6 Å². The molecule has 0 saturated carbocycles. The molecule has 2 amide bonds. The molecule has 1 aromatic heterocycles. The summed E-state index contributed by atoms with van der Waals surface area (Å²) in [5, 5.41) is 15.9.